The van der Waals surface area contributed by atoms with Crippen molar-refractivity contribution >= 4 is 34.4 Å². The number of hydrogen-bond donors (Lipinski definition) is 1. The summed E-state index contributed by atoms with van der Waals surface area (Å²) in [6.45, 7) is 7.00. The highest BCUT2D eigenvalue weighted by atomic mass is 35.5. The number of hydrogen-bond acceptors (Lipinski definition) is 4. The maximum absolute atomic E-state index is 13.9. The van der Waals surface area contributed by atoms with Crippen molar-refractivity contribution in [3.05, 3.63) is 64.1 Å². The fourth-order valence-electron chi connectivity index (χ4n) is 3.24. The van der Waals surface area contributed by atoms with Crippen molar-refractivity contribution in [3.63, 3.8) is 0 Å². The summed E-state index contributed by atoms with van der Waals surface area (Å²) in [6, 6.07) is 8.36. The molecule has 0 aliphatic heterocycles. The first-order valence-corrected chi connectivity index (χ1v) is 9.40. The van der Waals surface area contributed by atoms with Gasteiger partial charge in [-0.3, -0.25) is 14.2 Å². The minimum atomic E-state index is -0.696. The van der Waals surface area contributed by atoms with E-state index in [1.54, 1.807) is 33.8 Å². The summed E-state index contributed by atoms with van der Waals surface area (Å²) in [5, 5.41) is 10.4. The molecular formula is C22H21ClFNO4. The first kappa shape index (κ1) is 20.9. The number of phenols is 1. The lowest BCUT2D eigenvalue weighted by Gasteiger charge is -2.19. The van der Waals surface area contributed by atoms with Gasteiger partial charge in [0.1, 0.15) is 17.2 Å². The third-order valence-corrected chi connectivity index (χ3v) is 4.74. The zero-order chi connectivity index (χ0) is 21.5. The predicted octanol–water partition coefficient (Wildman–Crippen LogP) is 5.02. The molecule has 5 nitrogen and oxygen atoms in total. The van der Waals surface area contributed by atoms with Crippen LogP contribution in [0, 0.1) is 12.7 Å². The average molecular weight is 418 g/mol. The Morgan fingerprint density at radius 2 is 1.86 bits per heavy atom. The highest BCUT2D eigenvalue weighted by molar-refractivity contribution is 6.30. The molecule has 0 spiro atoms. The molecule has 0 amide bonds. The molecule has 0 unspecified atom stereocenters. The zero-order valence-electron chi connectivity index (χ0n) is 16.5. The lowest BCUT2D eigenvalue weighted by molar-refractivity contribution is -0.153. The van der Waals surface area contributed by atoms with Gasteiger partial charge in [-0.1, -0.05) is 11.6 Å². The van der Waals surface area contributed by atoms with Crippen LogP contribution in [0.3, 0.4) is 0 Å². The summed E-state index contributed by atoms with van der Waals surface area (Å²) in [5.74, 6) is -1.61. The second-order valence-corrected chi connectivity index (χ2v) is 8.21. The van der Waals surface area contributed by atoms with E-state index in [9.17, 15) is 19.1 Å². The van der Waals surface area contributed by atoms with E-state index in [1.165, 1.54) is 28.8 Å². The number of ether oxygens (including phenoxy) is 1. The molecule has 1 heterocycles. The normalized spacial score (nSPS) is 11.7. The fraction of sp³-hybridized carbons (Fsp3) is 0.273. The van der Waals surface area contributed by atoms with Gasteiger partial charge in [0, 0.05) is 16.6 Å². The largest absolute Gasteiger partial charge is 0.508 e. The molecular weight excluding hydrogens is 397 g/mol. The van der Waals surface area contributed by atoms with Crippen molar-refractivity contribution in [2.24, 2.45) is 0 Å². The highest BCUT2D eigenvalue weighted by Gasteiger charge is 2.24. The monoisotopic (exact) mass is 417 g/mol. The Morgan fingerprint density at radius 3 is 2.48 bits per heavy atom. The Balaban J connectivity index is 2.13. The van der Waals surface area contributed by atoms with Gasteiger partial charge in [0.25, 0.3) is 5.91 Å². The minimum absolute atomic E-state index is 0.00470. The van der Waals surface area contributed by atoms with Crippen molar-refractivity contribution in [2.75, 3.05) is 0 Å². The van der Waals surface area contributed by atoms with E-state index in [2.05, 4.69) is 0 Å². The molecule has 2 aromatic carbocycles. The van der Waals surface area contributed by atoms with Crippen LogP contribution < -0.4 is 0 Å². The second kappa shape index (κ2) is 7.52. The molecule has 3 aromatic rings. The second-order valence-electron chi connectivity index (χ2n) is 7.80. The lowest BCUT2D eigenvalue weighted by Crippen LogP contribution is -2.25. The molecule has 1 N–H and O–H groups in total. The van der Waals surface area contributed by atoms with Crippen molar-refractivity contribution in [1.82, 2.24) is 4.57 Å². The number of aromatic hydroxyl groups is 1. The molecule has 0 saturated carbocycles. The van der Waals surface area contributed by atoms with Crippen molar-refractivity contribution in [3.8, 4) is 5.75 Å². The number of rotatable bonds is 3. The molecule has 0 atom stereocenters. The summed E-state index contributed by atoms with van der Waals surface area (Å²) in [4.78, 5) is 25.5. The van der Waals surface area contributed by atoms with Crippen LogP contribution in [0.2, 0.25) is 5.02 Å². The van der Waals surface area contributed by atoms with Gasteiger partial charge in [-0.2, -0.15) is 0 Å². The molecule has 0 saturated heterocycles. The van der Waals surface area contributed by atoms with E-state index in [0.29, 0.717) is 22.2 Å². The van der Waals surface area contributed by atoms with Crippen LogP contribution in [0.5, 0.6) is 5.75 Å². The van der Waals surface area contributed by atoms with Crippen LogP contribution in [-0.2, 0) is 16.0 Å². The molecule has 3 rings (SSSR count). The van der Waals surface area contributed by atoms with E-state index in [-0.39, 0.29) is 22.8 Å². The van der Waals surface area contributed by atoms with E-state index in [4.69, 9.17) is 16.3 Å². The van der Waals surface area contributed by atoms with E-state index in [0.717, 1.165) is 6.07 Å². The number of fused-ring (bicyclic) bond motifs is 1. The molecule has 152 valence electrons. The van der Waals surface area contributed by atoms with Crippen LogP contribution in [0.1, 0.15) is 42.4 Å². The van der Waals surface area contributed by atoms with Crippen molar-refractivity contribution in [2.45, 2.75) is 39.7 Å². The van der Waals surface area contributed by atoms with Crippen LogP contribution in [0.25, 0.3) is 10.9 Å². The number of aromatic nitrogens is 1. The summed E-state index contributed by atoms with van der Waals surface area (Å²) < 4.78 is 20.7. The first-order valence-electron chi connectivity index (χ1n) is 9.02. The van der Waals surface area contributed by atoms with Gasteiger partial charge < -0.3 is 9.84 Å². The van der Waals surface area contributed by atoms with Crippen LogP contribution in [0.15, 0.2) is 36.4 Å². The average Bonchev–Trinajstić information content (AvgIpc) is 2.86. The fourth-order valence-corrected chi connectivity index (χ4v) is 3.35. The van der Waals surface area contributed by atoms with Gasteiger partial charge in [0.2, 0.25) is 0 Å². The van der Waals surface area contributed by atoms with Gasteiger partial charge in [0.15, 0.2) is 0 Å². The quantitative estimate of drug-likeness (QED) is 0.607. The van der Waals surface area contributed by atoms with Crippen LogP contribution in [0.4, 0.5) is 4.39 Å². The Kier molecular flexibility index (Phi) is 5.41. The van der Waals surface area contributed by atoms with Gasteiger partial charge >= 0.3 is 5.97 Å². The maximum atomic E-state index is 13.9. The maximum Gasteiger partial charge on any atom is 0.310 e. The summed E-state index contributed by atoms with van der Waals surface area (Å²) in [6.07, 6.45) is -0.0711. The summed E-state index contributed by atoms with van der Waals surface area (Å²) >= 11 is 5.72. The predicted molar refractivity (Wildman–Crippen MR) is 109 cm³/mol. The van der Waals surface area contributed by atoms with Crippen molar-refractivity contribution in [1.29, 1.82) is 0 Å². The summed E-state index contributed by atoms with van der Waals surface area (Å²) in [7, 11) is 0. The Bertz CT molecular complexity index is 1130. The number of carbonyl (C=O) groups excluding carboxylic acids is 2. The molecule has 0 bridgehead atoms. The highest BCUT2D eigenvalue weighted by Crippen LogP contribution is 2.31. The van der Waals surface area contributed by atoms with Crippen LogP contribution in [-0.4, -0.2) is 27.2 Å². The van der Waals surface area contributed by atoms with E-state index < -0.39 is 23.3 Å². The first-order chi connectivity index (χ1) is 13.5. The number of phenolic OH excluding ortho intramolecular Hbond substituents is 1. The number of halogens is 2. The Morgan fingerprint density at radius 1 is 1.17 bits per heavy atom. The minimum Gasteiger partial charge on any atom is -0.508 e. The molecule has 1 aromatic heterocycles. The van der Waals surface area contributed by atoms with Gasteiger partial charge in [0.05, 0.1) is 17.0 Å². The van der Waals surface area contributed by atoms with Gasteiger partial charge in [-0.25, -0.2) is 4.39 Å². The number of benzene rings is 2. The molecule has 0 aliphatic rings. The SMILES string of the molecule is Cc1c(CC(=O)OC(C)(C)C)c2cc(O)ccc2n1C(=O)c1ccc(Cl)c(F)c1. The Hall–Kier alpha value is -2.86. The Labute approximate surface area is 172 Å². The molecule has 0 aliphatic carbocycles. The number of carbonyl (C=O) groups is 2. The van der Waals surface area contributed by atoms with Crippen molar-refractivity contribution < 1.29 is 23.8 Å². The third kappa shape index (κ3) is 4.27. The number of nitrogens with zero attached hydrogens (tertiary/aromatic N) is 1. The van der Waals surface area contributed by atoms with Gasteiger partial charge in [-0.05, 0) is 69.7 Å². The van der Waals surface area contributed by atoms with E-state index >= 15 is 0 Å². The standard InChI is InChI=1S/C22H21ClFNO4/c1-12-15(11-20(27)29-22(2,3)4)16-10-14(26)6-8-19(16)25(12)21(28)13-5-7-17(23)18(24)9-13/h5-10,26H,11H2,1-4H3. The zero-order valence-corrected chi connectivity index (χ0v) is 17.3. The molecule has 7 heteroatoms. The topological polar surface area (TPSA) is 68.5 Å². The number of esters is 1. The van der Waals surface area contributed by atoms with E-state index in [1.807, 2.05) is 0 Å². The third-order valence-electron chi connectivity index (χ3n) is 4.43. The lowest BCUT2D eigenvalue weighted by atomic mass is 10.1. The molecule has 0 radical (unpaired) electrons. The molecule has 29 heavy (non-hydrogen) atoms. The molecule has 0 fully saturated rings. The smallest absolute Gasteiger partial charge is 0.310 e. The van der Waals surface area contributed by atoms with Crippen LogP contribution >= 0.6 is 11.6 Å². The summed E-state index contributed by atoms with van der Waals surface area (Å²) in [5.41, 5.74) is 1.04. The van der Waals surface area contributed by atoms with Gasteiger partial charge in [-0.15, -0.1) is 0 Å².